The average molecular weight is 709 g/mol. The number of methoxy groups -OCH3 is 1. The van der Waals surface area contributed by atoms with Crippen LogP contribution in [-0.4, -0.2) is 73.6 Å². The molecule has 1 spiro atoms. The average Bonchev–Trinajstić information content (AvgIpc) is 3.40. The fraction of sp³-hybridized carbons (Fsp3) is 0.568. The van der Waals surface area contributed by atoms with Crippen molar-refractivity contribution in [3.8, 4) is 5.75 Å². The van der Waals surface area contributed by atoms with Gasteiger partial charge in [0.05, 0.1) is 35.6 Å². The van der Waals surface area contributed by atoms with E-state index in [9.17, 15) is 13.8 Å². The second-order valence-electron chi connectivity index (χ2n) is 14.9. The van der Waals surface area contributed by atoms with E-state index in [1.807, 2.05) is 25.1 Å². The topological polar surface area (TPSA) is 119 Å². The second-order valence-corrected chi connectivity index (χ2v) is 17.3. The normalized spacial score (nSPS) is 37.0. The van der Waals surface area contributed by atoms with Crippen molar-refractivity contribution in [1.29, 1.82) is 0 Å². The van der Waals surface area contributed by atoms with E-state index in [4.69, 9.17) is 25.8 Å². The molecule has 3 amide bonds. The van der Waals surface area contributed by atoms with E-state index in [1.165, 1.54) is 11.1 Å². The summed E-state index contributed by atoms with van der Waals surface area (Å²) < 4.78 is 39.5. The lowest BCUT2D eigenvalue weighted by atomic mass is 9.70. The van der Waals surface area contributed by atoms with Gasteiger partial charge in [0.25, 0.3) is 5.91 Å². The number of carbonyl (C=O) groups excluding carboxylic acids is 2. The Balaban J connectivity index is 1.18. The van der Waals surface area contributed by atoms with Gasteiger partial charge in [-0.15, -0.1) is 4.36 Å². The Bertz CT molecular complexity index is 1800. The van der Waals surface area contributed by atoms with Crippen molar-refractivity contribution in [3.63, 3.8) is 0 Å². The summed E-state index contributed by atoms with van der Waals surface area (Å²) in [7, 11) is -1.71. The van der Waals surface area contributed by atoms with Crippen LogP contribution in [0, 0.1) is 23.7 Å². The van der Waals surface area contributed by atoms with Gasteiger partial charge in [-0.25, -0.2) is 9.00 Å². The van der Waals surface area contributed by atoms with Gasteiger partial charge in [-0.3, -0.25) is 9.52 Å². The van der Waals surface area contributed by atoms with Crippen molar-refractivity contribution in [2.75, 3.05) is 44.1 Å². The highest BCUT2D eigenvalue weighted by molar-refractivity contribution is 7.92. The van der Waals surface area contributed by atoms with Gasteiger partial charge in [0.15, 0.2) is 0 Å². The van der Waals surface area contributed by atoms with E-state index in [-0.39, 0.29) is 35.3 Å². The summed E-state index contributed by atoms with van der Waals surface area (Å²) in [6.07, 6.45) is 9.68. The Morgan fingerprint density at radius 2 is 2.04 bits per heavy atom. The highest BCUT2D eigenvalue weighted by Crippen LogP contribution is 2.64. The summed E-state index contributed by atoms with van der Waals surface area (Å²) in [6.45, 7) is 4.46. The number of anilines is 1. The highest BCUT2D eigenvalue weighted by Gasteiger charge is 2.70. The van der Waals surface area contributed by atoms with E-state index < -0.39 is 21.9 Å². The van der Waals surface area contributed by atoms with Crippen molar-refractivity contribution >= 4 is 39.1 Å². The van der Waals surface area contributed by atoms with Crippen LogP contribution in [-0.2, 0) is 31.2 Å². The Kier molecular flexibility index (Phi) is 8.69. The summed E-state index contributed by atoms with van der Waals surface area (Å²) in [4.78, 5) is 29.3. The summed E-state index contributed by atoms with van der Waals surface area (Å²) in [5, 5.41) is 3.58. The number of urea groups is 1. The number of carbonyl (C=O) groups is 2. The molecule has 2 N–H and O–H groups in total. The number of halogens is 1. The second kappa shape index (κ2) is 12.9. The SMILES string of the molecule is CO[C@H]1/C=C/C[C@H](C)CS(=O)(NC(=O)N[C@H]2CCOC2)=NC(=O)c2ccc3c(c2)N(C[C@@H]2CC[C@H]21)C[C@@]12c4ccc(Cl)cc4CCC1C2O3. The lowest BCUT2D eigenvalue weighted by Crippen LogP contribution is -2.46. The quantitative estimate of drug-likeness (QED) is 0.395. The third-order valence-corrected chi connectivity index (χ3v) is 13.9. The highest BCUT2D eigenvalue weighted by atomic mass is 35.5. The number of nitrogens with one attached hydrogen (secondary N) is 2. The Labute approximate surface area is 293 Å². The summed E-state index contributed by atoms with van der Waals surface area (Å²) in [6, 6.07) is 10.9. The van der Waals surface area contributed by atoms with Crippen molar-refractivity contribution in [2.45, 2.75) is 69.1 Å². The van der Waals surface area contributed by atoms with Gasteiger partial charge in [0, 0.05) is 43.3 Å². The lowest BCUT2D eigenvalue weighted by Gasteiger charge is -2.44. The molecule has 262 valence electrons. The standard InChI is InChI=1S/C37H45ClN4O6S/c1-22-4-3-5-32(46-2)28-10-6-25(28)18-42-21-37-29-12-9-26(38)16-23(29)7-11-30(37)34(37)48-33-13-8-24(17-31(33)42)35(43)40-49(45,20-22)41-36(44)39-27-14-15-47-19-27/h3,5,8-9,12-13,16-17,22,25,27-28,30,32,34H,4,6-7,10-11,14-15,18-21H2,1-2H3,(H2,39,40,41,43,44,45)/b5-3+/t22-,25-,27-,28+,30?,32-,34?,37+,49?/m0/s1. The molecule has 8 rings (SSSR count). The largest absolute Gasteiger partial charge is 0.487 e. The van der Waals surface area contributed by atoms with Gasteiger partial charge >= 0.3 is 6.03 Å². The lowest BCUT2D eigenvalue weighted by molar-refractivity contribution is 0.0133. The number of amides is 3. The minimum absolute atomic E-state index is 0.0244. The molecule has 2 aromatic rings. The van der Waals surface area contributed by atoms with Crippen molar-refractivity contribution in [3.05, 3.63) is 70.3 Å². The first-order valence-corrected chi connectivity index (χ1v) is 19.7. The summed E-state index contributed by atoms with van der Waals surface area (Å²) >= 11 is 6.45. The molecule has 3 aliphatic heterocycles. The number of ether oxygens (including phenoxy) is 3. The zero-order chi connectivity index (χ0) is 33.9. The fourth-order valence-corrected chi connectivity index (χ4v) is 11.1. The molecule has 12 heteroatoms. The van der Waals surface area contributed by atoms with Gasteiger partial charge in [-0.2, -0.15) is 0 Å². The predicted molar refractivity (Wildman–Crippen MR) is 189 cm³/mol. The molecule has 3 heterocycles. The summed E-state index contributed by atoms with van der Waals surface area (Å²) in [5.74, 6) is 1.18. The van der Waals surface area contributed by atoms with Gasteiger partial charge in [0.1, 0.15) is 21.8 Å². The third-order valence-electron chi connectivity index (χ3n) is 11.7. The first-order chi connectivity index (χ1) is 23.7. The van der Waals surface area contributed by atoms with Crippen LogP contribution in [0.1, 0.15) is 60.5 Å². The zero-order valence-electron chi connectivity index (χ0n) is 28.1. The smallest absolute Gasteiger partial charge is 0.327 e. The molecule has 1 saturated heterocycles. The Morgan fingerprint density at radius 1 is 1.16 bits per heavy atom. The number of nitrogens with zero attached hydrogens (tertiary/aromatic N) is 2. The Morgan fingerprint density at radius 3 is 2.82 bits per heavy atom. The minimum atomic E-state index is -3.48. The van der Waals surface area contributed by atoms with E-state index in [1.54, 1.807) is 13.2 Å². The van der Waals surface area contributed by atoms with Crippen molar-refractivity contribution in [2.24, 2.45) is 28.0 Å². The van der Waals surface area contributed by atoms with Crippen LogP contribution in [0.4, 0.5) is 10.5 Å². The van der Waals surface area contributed by atoms with Gasteiger partial charge in [0.2, 0.25) is 0 Å². The third kappa shape index (κ3) is 6.15. The molecule has 0 radical (unpaired) electrons. The molecule has 3 fully saturated rings. The molecule has 3 aliphatic carbocycles. The van der Waals surface area contributed by atoms with Crippen LogP contribution < -0.4 is 19.7 Å². The molecule has 3 unspecified atom stereocenters. The molecule has 2 saturated carbocycles. The van der Waals surface area contributed by atoms with Crippen LogP contribution in [0.5, 0.6) is 5.75 Å². The van der Waals surface area contributed by atoms with E-state index in [0.29, 0.717) is 49.4 Å². The molecule has 0 aromatic heterocycles. The van der Waals surface area contributed by atoms with Crippen LogP contribution in [0.15, 0.2) is 52.9 Å². The first kappa shape index (κ1) is 33.0. The summed E-state index contributed by atoms with van der Waals surface area (Å²) in [5.41, 5.74) is 3.59. The van der Waals surface area contributed by atoms with Crippen LogP contribution in [0.2, 0.25) is 5.02 Å². The van der Waals surface area contributed by atoms with Crippen LogP contribution in [0.3, 0.4) is 0 Å². The maximum absolute atomic E-state index is 14.4. The maximum atomic E-state index is 14.4. The van der Waals surface area contributed by atoms with Crippen molar-refractivity contribution < 1.29 is 28.0 Å². The molecule has 10 nitrogen and oxygen atoms in total. The first-order valence-electron chi connectivity index (χ1n) is 17.6. The molecule has 9 atom stereocenters. The predicted octanol–water partition coefficient (Wildman–Crippen LogP) is 5.67. The van der Waals surface area contributed by atoms with E-state index in [2.05, 4.69) is 43.6 Å². The van der Waals surface area contributed by atoms with Gasteiger partial charge < -0.3 is 24.4 Å². The van der Waals surface area contributed by atoms with Gasteiger partial charge in [-0.1, -0.05) is 36.7 Å². The molecular formula is C37H45ClN4O6S. The number of allylic oxidation sites excluding steroid dienone is 1. The van der Waals surface area contributed by atoms with E-state index >= 15 is 0 Å². The molecule has 6 aliphatic rings. The zero-order valence-corrected chi connectivity index (χ0v) is 29.6. The number of benzene rings is 2. The van der Waals surface area contributed by atoms with Crippen molar-refractivity contribution in [1.82, 2.24) is 10.0 Å². The molecule has 2 aromatic carbocycles. The fourth-order valence-electron chi connectivity index (χ4n) is 9.08. The number of hydrogen-bond acceptors (Lipinski definition) is 7. The molecule has 49 heavy (non-hydrogen) atoms. The minimum Gasteiger partial charge on any atom is -0.487 e. The van der Waals surface area contributed by atoms with E-state index in [0.717, 1.165) is 55.2 Å². The van der Waals surface area contributed by atoms with Crippen LogP contribution in [0.25, 0.3) is 0 Å². The Hall–Kier alpha value is -3.12. The maximum Gasteiger partial charge on any atom is 0.327 e. The number of aryl methyl sites for hydroxylation is 1. The number of rotatable bonds is 3. The van der Waals surface area contributed by atoms with Crippen LogP contribution >= 0.6 is 11.6 Å². The number of hydrogen-bond donors (Lipinski definition) is 2. The number of fused-ring (bicyclic) bond motifs is 4. The molecule has 2 bridgehead atoms. The molecular weight excluding hydrogens is 664 g/mol. The van der Waals surface area contributed by atoms with Gasteiger partial charge in [-0.05, 0) is 97.7 Å². The monoisotopic (exact) mass is 708 g/mol.